The number of unbranched alkanes of at least 4 members (excludes halogenated alkanes) is 1. The van der Waals surface area contributed by atoms with E-state index in [1.54, 1.807) is 0 Å². The number of carbonyl (C=O) groups is 3. The van der Waals surface area contributed by atoms with Crippen LogP contribution >= 0.6 is 0 Å². The molecule has 0 aliphatic rings. The van der Waals surface area contributed by atoms with Gasteiger partial charge in [-0.05, 0) is 49.4 Å². The molecule has 0 saturated carbocycles. The van der Waals surface area contributed by atoms with Gasteiger partial charge in [-0.3, -0.25) is 24.2 Å². The van der Waals surface area contributed by atoms with Gasteiger partial charge in [0.25, 0.3) is 0 Å². The van der Waals surface area contributed by atoms with Gasteiger partial charge in [0.05, 0.1) is 18.8 Å². The number of aliphatic imine (C=N–C) groups is 1. The van der Waals surface area contributed by atoms with Crippen LogP contribution in [0.25, 0.3) is 0 Å². The molecule has 36 heavy (non-hydrogen) atoms. The second-order valence-corrected chi connectivity index (χ2v) is 8.81. The van der Waals surface area contributed by atoms with Gasteiger partial charge < -0.3 is 26.8 Å². The molecule has 1 aromatic rings. The second kappa shape index (κ2) is 19.1. The van der Waals surface area contributed by atoms with Crippen molar-refractivity contribution in [2.24, 2.45) is 22.4 Å². The van der Waals surface area contributed by atoms with Crippen LogP contribution in [0, 0.1) is 5.92 Å². The first-order valence-electron chi connectivity index (χ1n) is 12.2. The highest BCUT2D eigenvalue weighted by Crippen LogP contribution is 2.16. The zero-order valence-corrected chi connectivity index (χ0v) is 21.7. The molecule has 7 N–H and O–H groups in total. The summed E-state index contributed by atoms with van der Waals surface area (Å²) in [4.78, 5) is 39.7. The van der Waals surface area contributed by atoms with Gasteiger partial charge in [-0.2, -0.15) is 0 Å². The quantitative estimate of drug-likeness (QED) is 0.154. The van der Waals surface area contributed by atoms with Crippen molar-refractivity contribution >= 4 is 29.6 Å². The fraction of sp³-hybridized carbons (Fsp3) is 0.600. The Morgan fingerprint density at radius 3 is 1.86 bits per heavy atom. The average Bonchev–Trinajstić information content (AvgIpc) is 2.76. The van der Waals surface area contributed by atoms with E-state index < -0.39 is 17.9 Å². The largest absolute Gasteiger partial charge is 0.481 e. The molecule has 0 heterocycles. The van der Waals surface area contributed by atoms with Gasteiger partial charge >= 0.3 is 17.9 Å². The summed E-state index contributed by atoms with van der Waals surface area (Å²) in [6.07, 6.45) is 3.70. The Morgan fingerprint density at radius 1 is 0.861 bits per heavy atom. The second-order valence-electron chi connectivity index (χ2n) is 8.81. The summed E-state index contributed by atoms with van der Waals surface area (Å²) < 4.78 is 0. The molecule has 0 aliphatic carbocycles. The molecule has 0 radical (unpaired) electrons. The maximum Gasteiger partial charge on any atom is 0.317 e. The van der Waals surface area contributed by atoms with Crippen molar-refractivity contribution in [3.05, 3.63) is 29.8 Å². The van der Waals surface area contributed by atoms with E-state index in [1.165, 1.54) is 0 Å². The third-order valence-corrected chi connectivity index (χ3v) is 5.09. The molecule has 11 heteroatoms. The summed E-state index contributed by atoms with van der Waals surface area (Å²) in [6.45, 7) is 8.22. The molecule has 1 aromatic carbocycles. The first kappa shape index (κ1) is 32.8. The van der Waals surface area contributed by atoms with E-state index >= 15 is 0 Å². The number of hydrogen-bond acceptors (Lipinski definition) is 6. The van der Waals surface area contributed by atoms with Crippen LogP contribution in [-0.2, 0) is 20.8 Å². The molecule has 0 spiro atoms. The van der Waals surface area contributed by atoms with Gasteiger partial charge in [-0.15, -0.1) is 0 Å². The highest BCUT2D eigenvalue weighted by atomic mass is 16.4. The summed E-state index contributed by atoms with van der Waals surface area (Å²) >= 11 is 0. The smallest absolute Gasteiger partial charge is 0.317 e. The molecule has 11 nitrogen and oxygen atoms in total. The Bertz CT molecular complexity index is 812. The summed E-state index contributed by atoms with van der Waals surface area (Å²) in [5, 5.41) is 26.3. The third kappa shape index (κ3) is 18.2. The minimum absolute atomic E-state index is 0.0105. The van der Waals surface area contributed by atoms with E-state index in [0.29, 0.717) is 38.3 Å². The molecule has 1 rings (SSSR count). The van der Waals surface area contributed by atoms with E-state index in [0.717, 1.165) is 31.2 Å². The number of guanidine groups is 1. The molecule has 0 aromatic heterocycles. The molecular weight excluding hydrogens is 466 g/mol. The first-order chi connectivity index (χ1) is 17.0. The highest BCUT2D eigenvalue weighted by Gasteiger charge is 2.17. The lowest BCUT2D eigenvalue weighted by atomic mass is 10.0. The Labute approximate surface area is 213 Å². The number of nitrogens with two attached hydrogens (primary N) is 2. The van der Waals surface area contributed by atoms with Crippen molar-refractivity contribution in [1.29, 1.82) is 0 Å². The van der Waals surface area contributed by atoms with E-state index in [2.05, 4.69) is 18.8 Å². The molecule has 0 aliphatic heterocycles. The predicted octanol–water partition coefficient (Wildman–Crippen LogP) is 2.21. The van der Waals surface area contributed by atoms with Gasteiger partial charge in [0.15, 0.2) is 5.96 Å². The van der Waals surface area contributed by atoms with Crippen molar-refractivity contribution in [2.75, 3.05) is 39.3 Å². The average molecular weight is 510 g/mol. The molecule has 1 unspecified atom stereocenters. The summed E-state index contributed by atoms with van der Waals surface area (Å²) in [5.41, 5.74) is 12.6. The Hall–Kier alpha value is -3.18. The van der Waals surface area contributed by atoms with Crippen molar-refractivity contribution < 1.29 is 29.7 Å². The van der Waals surface area contributed by atoms with Gasteiger partial charge in [0, 0.05) is 26.1 Å². The lowest BCUT2D eigenvalue weighted by Gasteiger charge is -2.28. The maximum atomic E-state index is 11.3. The highest BCUT2D eigenvalue weighted by molar-refractivity contribution is 5.78. The number of aliphatic carboxylic acids is 3. The molecule has 0 amide bonds. The number of benzene rings is 1. The van der Waals surface area contributed by atoms with Crippen LogP contribution < -0.4 is 11.5 Å². The Kier molecular flexibility index (Phi) is 17.4. The monoisotopic (exact) mass is 509 g/mol. The molecule has 204 valence electrons. The fourth-order valence-corrected chi connectivity index (χ4v) is 3.53. The van der Waals surface area contributed by atoms with Crippen LogP contribution in [0.4, 0.5) is 5.69 Å². The van der Waals surface area contributed by atoms with E-state index in [-0.39, 0.29) is 25.0 Å². The first-order valence-corrected chi connectivity index (χ1v) is 12.2. The zero-order chi connectivity index (χ0) is 27.5. The predicted molar refractivity (Wildman–Crippen MR) is 140 cm³/mol. The number of carboxylic acids is 3. The molecule has 1 atom stereocenters. The van der Waals surface area contributed by atoms with Crippen LogP contribution in [0.1, 0.15) is 52.0 Å². The van der Waals surface area contributed by atoms with Gasteiger partial charge in [0.2, 0.25) is 0 Å². The minimum Gasteiger partial charge on any atom is -0.481 e. The van der Waals surface area contributed by atoms with Crippen LogP contribution in [0.2, 0.25) is 0 Å². The molecule has 0 saturated heterocycles. The number of rotatable bonds is 17. The van der Waals surface area contributed by atoms with Crippen molar-refractivity contribution in [2.45, 2.75) is 52.9 Å². The maximum absolute atomic E-state index is 11.3. The number of carboxylic acid groups (broad SMARTS) is 3. The lowest BCUT2D eigenvalue weighted by molar-refractivity contribution is -0.140. The van der Waals surface area contributed by atoms with Gasteiger partial charge in [0.1, 0.15) is 0 Å². The topological polar surface area (TPSA) is 183 Å². The minimum atomic E-state index is -0.887. The van der Waals surface area contributed by atoms with Crippen molar-refractivity contribution in [3.8, 4) is 0 Å². The van der Waals surface area contributed by atoms with E-state index in [4.69, 9.17) is 21.7 Å². The van der Waals surface area contributed by atoms with Gasteiger partial charge in [-0.25, -0.2) is 4.99 Å². The molecule has 0 bridgehead atoms. The van der Waals surface area contributed by atoms with E-state index in [1.807, 2.05) is 41.0 Å². The fourth-order valence-electron chi connectivity index (χ4n) is 3.53. The van der Waals surface area contributed by atoms with Crippen molar-refractivity contribution in [1.82, 2.24) is 9.80 Å². The lowest BCUT2D eigenvalue weighted by Crippen LogP contribution is -2.41. The summed E-state index contributed by atoms with van der Waals surface area (Å²) in [7, 11) is 0. The SMILES string of the molecule is CCCC(=O)O.CCCCN(CCN(CC(=O)O)CC(C)Cc1ccc(N=C(N)N)cc1)CC(=O)O. The van der Waals surface area contributed by atoms with Gasteiger partial charge in [-0.1, -0.05) is 39.3 Å². The van der Waals surface area contributed by atoms with Crippen LogP contribution in [0.15, 0.2) is 29.3 Å². The van der Waals surface area contributed by atoms with Crippen LogP contribution in [-0.4, -0.2) is 88.3 Å². The number of hydrogen-bond donors (Lipinski definition) is 5. The Balaban J connectivity index is 0.00000181. The summed E-state index contributed by atoms with van der Waals surface area (Å²) in [5.74, 6) is -2.23. The standard InChI is InChI=1S/C21H35N5O4.C4H8O2/c1-3-4-9-25(14-19(27)28)10-11-26(15-20(29)30)13-16(2)12-17-5-7-18(8-6-17)24-21(22)23;1-2-3-4(5)6/h5-8,16H,3-4,9-15H2,1-2H3,(H,27,28)(H,29,30)(H4,22,23,24);2-3H2,1H3,(H,5,6). The third-order valence-electron chi connectivity index (χ3n) is 5.09. The van der Waals surface area contributed by atoms with E-state index in [9.17, 15) is 19.5 Å². The molecular formula is C25H43N5O6. The Morgan fingerprint density at radius 2 is 1.42 bits per heavy atom. The summed E-state index contributed by atoms with van der Waals surface area (Å²) in [6, 6.07) is 7.60. The molecule has 0 fully saturated rings. The normalized spacial score (nSPS) is 11.5. The zero-order valence-electron chi connectivity index (χ0n) is 21.7. The van der Waals surface area contributed by atoms with Crippen molar-refractivity contribution in [3.63, 3.8) is 0 Å². The van der Waals surface area contributed by atoms with Crippen LogP contribution in [0.5, 0.6) is 0 Å². The number of nitrogens with zero attached hydrogens (tertiary/aromatic N) is 3. The van der Waals surface area contributed by atoms with Crippen LogP contribution in [0.3, 0.4) is 0 Å².